The van der Waals surface area contributed by atoms with Gasteiger partial charge in [-0.1, -0.05) is 19.1 Å². The van der Waals surface area contributed by atoms with Crippen LogP contribution in [0, 0.1) is 5.92 Å². The number of anilines is 1. The minimum atomic E-state index is 0.0638. The van der Waals surface area contributed by atoms with Crippen LogP contribution < -0.4 is 10.2 Å². The summed E-state index contributed by atoms with van der Waals surface area (Å²) in [6, 6.07) is 6.87. The van der Waals surface area contributed by atoms with Crippen LogP contribution in [0.25, 0.3) is 0 Å². The highest BCUT2D eigenvalue weighted by Gasteiger charge is 2.55. The summed E-state index contributed by atoms with van der Waals surface area (Å²) < 4.78 is 0. The van der Waals surface area contributed by atoms with Crippen LogP contribution in [0.1, 0.15) is 44.1 Å². The number of nitrogens with zero attached hydrogens (tertiary/aromatic N) is 2. The van der Waals surface area contributed by atoms with Crippen molar-refractivity contribution in [2.24, 2.45) is 5.92 Å². The lowest BCUT2D eigenvalue weighted by atomic mass is 9.68. The van der Waals surface area contributed by atoms with Crippen LogP contribution >= 0.6 is 11.8 Å². The van der Waals surface area contributed by atoms with Crippen LogP contribution in [0.2, 0.25) is 0 Å². The molecular formula is C21H31N3O2S. The Bertz CT molecular complexity index is 713. The topological polar surface area (TPSA) is 44.8 Å². The fraction of sp³-hybridized carbons (Fsp3) is 0.667. The van der Waals surface area contributed by atoms with Crippen molar-refractivity contribution in [3.8, 4) is 0 Å². The van der Waals surface area contributed by atoms with E-state index in [1.165, 1.54) is 33.4 Å². The van der Waals surface area contributed by atoms with Crippen LogP contribution in [-0.2, 0) is 9.63 Å². The Labute approximate surface area is 166 Å². The number of thioether (sulfide) groups is 1. The highest BCUT2D eigenvalue weighted by atomic mass is 32.2. The first-order valence-corrected chi connectivity index (χ1v) is 11.1. The summed E-state index contributed by atoms with van der Waals surface area (Å²) in [5.74, 6) is 2.21. The second-order valence-electron chi connectivity index (χ2n) is 8.06. The molecule has 0 radical (unpaired) electrons. The number of benzene rings is 1. The molecule has 6 heteroatoms. The summed E-state index contributed by atoms with van der Waals surface area (Å²) >= 11 is 2.01. The van der Waals surface area contributed by atoms with Crippen molar-refractivity contribution in [2.45, 2.75) is 49.0 Å². The Morgan fingerprint density at radius 3 is 3.19 bits per heavy atom. The normalized spacial score (nSPS) is 27.5. The van der Waals surface area contributed by atoms with E-state index in [0.717, 1.165) is 32.5 Å². The molecule has 5 nitrogen and oxygen atoms in total. The molecule has 148 valence electrons. The van der Waals surface area contributed by atoms with Gasteiger partial charge in [0.15, 0.2) is 0 Å². The number of hydrogen-bond donors (Lipinski definition) is 1. The lowest BCUT2D eigenvalue weighted by Gasteiger charge is -2.51. The number of piperidine rings is 1. The Kier molecular flexibility index (Phi) is 5.41. The fourth-order valence-electron chi connectivity index (χ4n) is 5.45. The van der Waals surface area contributed by atoms with E-state index in [4.69, 9.17) is 4.84 Å². The standard InChI is InChI=1S/C21H31N3O2S/c1-15(8-9-19(25)23(2)26-3)21-10-11-22-14-17(21)16-6-4-7-18-20(16)24(21)12-5-13-27-18/h4,6-7,15,17,22H,5,8-14H2,1-3H3/t15?,17-,21-/m0/s1. The molecule has 4 rings (SSSR count). The van der Waals surface area contributed by atoms with Gasteiger partial charge in [0.05, 0.1) is 18.3 Å². The van der Waals surface area contributed by atoms with Crippen LogP contribution in [0.5, 0.6) is 0 Å². The summed E-state index contributed by atoms with van der Waals surface area (Å²) in [6.45, 7) is 5.58. The van der Waals surface area contributed by atoms with Crippen molar-refractivity contribution in [2.75, 3.05) is 44.4 Å². The predicted octanol–water partition coefficient (Wildman–Crippen LogP) is 3.25. The molecule has 0 aliphatic carbocycles. The van der Waals surface area contributed by atoms with Crippen molar-refractivity contribution >= 4 is 23.4 Å². The molecule has 1 aromatic carbocycles. The maximum Gasteiger partial charge on any atom is 0.245 e. The van der Waals surface area contributed by atoms with Crippen molar-refractivity contribution in [3.63, 3.8) is 0 Å². The van der Waals surface area contributed by atoms with E-state index < -0.39 is 0 Å². The fourth-order valence-corrected chi connectivity index (χ4v) is 6.48. The summed E-state index contributed by atoms with van der Waals surface area (Å²) in [7, 11) is 3.25. The average Bonchev–Trinajstić information content (AvgIpc) is 2.83. The Morgan fingerprint density at radius 1 is 1.52 bits per heavy atom. The van der Waals surface area contributed by atoms with Gasteiger partial charge in [0.1, 0.15) is 0 Å². The molecule has 27 heavy (non-hydrogen) atoms. The van der Waals surface area contributed by atoms with E-state index in [0.29, 0.717) is 18.3 Å². The van der Waals surface area contributed by atoms with Gasteiger partial charge in [-0.15, -0.1) is 11.8 Å². The first kappa shape index (κ1) is 19.1. The molecule has 3 atom stereocenters. The van der Waals surface area contributed by atoms with E-state index in [1.54, 1.807) is 14.2 Å². The molecule has 0 saturated carbocycles. The van der Waals surface area contributed by atoms with Gasteiger partial charge < -0.3 is 10.2 Å². The van der Waals surface area contributed by atoms with Crippen LogP contribution in [-0.4, -0.2) is 56.1 Å². The molecule has 1 saturated heterocycles. The molecule has 1 fully saturated rings. The third-order valence-corrected chi connectivity index (χ3v) is 8.02. The number of rotatable bonds is 5. The monoisotopic (exact) mass is 389 g/mol. The average molecular weight is 390 g/mol. The second kappa shape index (κ2) is 7.64. The number of fused-ring (bicyclic) bond motifs is 3. The number of para-hydroxylation sites is 1. The van der Waals surface area contributed by atoms with E-state index >= 15 is 0 Å². The second-order valence-corrected chi connectivity index (χ2v) is 9.20. The van der Waals surface area contributed by atoms with Crippen molar-refractivity contribution in [1.29, 1.82) is 0 Å². The number of hydrogen-bond acceptors (Lipinski definition) is 5. The predicted molar refractivity (Wildman–Crippen MR) is 110 cm³/mol. The van der Waals surface area contributed by atoms with Crippen molar-refractivity contribution < 1.29 is 9.63 Å². The lowest BCUT2D eigenvalue weighted by molar-refractivity contribution is -0.169. The minimum Gasteiger partial charge on any atom is -0.364 e. The van der Waals surface area contributed by atoms with E-state index in [1.807, 2.05) is 11.8 Å². The number of amides is 1. The highest BCUT2D eigenvalue weighted by Crippen LogP contribution is 2.57. The number of nitrogens with one attached hydrogen (secondary N) is 1. The van der Waals surface area contributed by atoms with Gasteiger partial charge in [-0.05, 0) is 49.1 Å². The Morgan fingerprint density at radius 2 is 2.37 bits per heavy atom. The largest absolute Gasteiger partial charge is 0.364 e. The maximum atomic E-state index is 12.3. The minimum absolute atomic E-state index is 0.0638. The molecule has 3 aliphatic rings. The summed E-state index contributed by atoms with van der Waals surface area (Å²) in [5.41, 5.74) is 3.13. The quantitative estimate of drug-likeness (QED) is 0.783. The molecule has 1 unspecified atom stereocenters. The molecule has 0 bridgehead atoms. The molecular weight excluding hydrogens is 358 g/mol. The van der Waals surface area contributed by atoms with E-state index in [2.05, 4.69) is 35.3 Å². The number of hydroxylamine groups is 2. The zero-order valence-corrected chi connectivity index (χ0v) is 17.5. The van der Waals surface area contributed by atoms with Crippen LogP contribution in [0.15, 0.2) is 23.1 Å². The maximum absolute atomic E-state index is 12.3. The summed E-state index contributed by atoms with van der Waals surface area (Å²) in [5, 5.41) is 5.00. The highest BCUT2D eigenvalue weighted by molar-refractivity contribution is 7.99. The van der Waals surface area contributed by atoms with Gasteiger partial charge in [0.25, 0.3) is 0 Å². The third-order valence-electron chi connectivity index (χ3n) is 6.89. The summed E-state index contributed by atoms with van der Waals surface area (Å²) in [6.07, 6.45) is 3.81. The summed E-state index contributed by atoms with van der Waals surface area (Å²) in [4.78, 5) is 21.6. The van der Waals surface area contributed by atoms with Gasteiger partial charge >= 0.3 is 0 Å². The van der Waals surface area contributed by atoms with Gasteiger partial charge in [-0.2, -0.15) is 0 Å². The first-order chi connectivity index (χ1) is 13.1. The number of carbonyl (C=O) groups is 1. The van der Waals surface area contributed by atoms with E-state index in [-0.39, 0.29) is 11.4 Å². The van der Waals surface area contributed by atoms with Gasteiger partial charge in [0, 0.05) is 37.4 Å². The van der Waals surface area contributed by atoms with Crippen molar-refractivity contribution in [1.82, 2.24) is 10.4 Å². The molecule has 0 spiro atoms. The molecule has 3 aliphatic heterocycles. The van der Waals surface area contributed by atoms with E-state index in [9.17, 15) is 4.79 Å². The SMILES string of the molecule is CON(C)C(=O)CCC(C)[C@@]12CCNC[C@H]1c1cccc3c1N2CCCS3. The molecule has 1 aromatic rings. The van der Waals surface area contributed by atoms with Gasteiger partial charge in [-0.3, -0.25) is 9.63 Å². The zero-order valence-electron chi connectivity index (χ0n) is 16.7. The third kappa shape index (κ3) is 3.06. The Balaban J connectivity index is 1.67. The van der Waals surface area contributed by atoms with Crippen LogP contribution in [0.3, 0.4) is 0 Å². The van der Waals surface area contributed by atoms with Crippen molar-refractivity contribution in [3.05, 3.63) is 23.8 Å². The molecule has 1 amide bonds. The van der Waals surface area contributed by atoms with Gasteiger partial charge in [0.2, 0.25) is 5.91 Å². The lowest BCUT2D eigenvalue weighted by Crippen LogP contribution is -2.60. The van der Waals surface area contributed by atoms with Gasteiger partial charge in [-0.25, -0.2) is 5.06 Å². The molecule has 1 N–H and O–H groups in total. The molecule has 0 aromatic heterocycles. The Hall–Kier alpha value is -1.24. The first-order valence-electron chi connectivity index (χ1n) is 10.1. The number of carbonyl (C=O) groups excluding carboxylic acids is 1. The molecule has 3 heterocycles. The smallest absolute Gasteiger partial charge is 0.245 e. The zero-order chi connectivity index (χ0) is 19.0. The van der Waals surface area contributed by atoms with Crippen LogP contribution in [0.4, 0.5) is 5.69 Å².